The van der Waals surface area contributed by atoms with E-state index in [1.54, 1.807) is 24.4 Å². The second-order valence-electron chi connectivity index (χ2n) is 4.96. The number of nitrogens with zero attached hydrogens (tertiary/aromatic N) is 3. The summed E-state index contributed by atoms with van der Waals surface area (Å²) in [5.41, 5.74) is 2.21. The molecule has 2 heterocycles. The minimum absolute atomic E-state index is 0.140. The standard InChI is InChI=1S/C16H11ClFN3O3/c1-9-2-3-13(8-19-9)21-14(7-15(20-21)24-16(22)23)10-4-11(17)6-12(18)5-10/h2-8H,1H3,(H,22,23). The molecule has 0 fully saturated rings. The maximum Gasteiger partial charge on any atom is 0.512 e. The van der Waals surface area contributed by atoms with Crippen molar-refractivity contribution < 1.29 is 19.0 Å². The van der Waals surface area contributed by atoms with Gasteiger partial charge in [-0.2, -0.15) is 0 Å². The quantitative estimate of drug-likeness (QED) is 0.722. The molecule has 0 saturated carbocycles. The third kappa shape index (κ3) is 3.36. The highest BCUT2D eigenvalue weighted by Gasteiger charge is 2.16. The minimum atomic E-state index is -1.49. The van der Waals surface area contributed by atoms with E-state index in [2.05, 4.69) is 14.8 Å². The van der Waals surface area contributed by atoms with Crippen molar-refractivity contribution in [2.75, 3.05) is 0 Å². The molecule has 122 valence electrons. The van der Waals surface area contributed by atoms with Crippen molar-refractivity contribution in [2.24, 2.45) is 0 Å². The summed E-state index contributed by atoms with van der Waals surface area (Å²) in [4.78, 5) is 14.9. The number of carboxylic acid groups (broad SMARTS) is 1. The van der Waals surface area contributed by atoms with Gasteiger partial charge in [-0.1, -0.05) is 11.6 Å². The van der Waals surface area contributed by atoms with Crippen molar-refractivity contribution in [3.8, 4) is 22.8 Å². The van der Waals surface area contributed by atoms with E-state index in [-0.39, 0.29) is 10.9 Å². The largest absolute Gasteiger partial charge is 0.512 e. The first-order valence-electron chi connectivity index (χ1n) is 6.83. The van der Waals surface area contributed by atoms with Crippen molar-refractivity contribution in [1.29, 1.82) is 0 Å². The Labute approximate surface area is 141 Å². The number of aromatic nitrogens is 3. The van der Waals surface area contributed by atoms with Gasteiger partial charge in [-0.05, 0) is 37.3 Å². The van der Waals surface area contributed by atoms with Gasteiger partial charge in [0.15, 0.2) is 0 Å². The lowest BCUT2D eigenvalue weighted by Crippen LogP contribution is -2.05. The van der Waals surface area contributed by atoms with Crippen LogP contribution in [0.1, 0.15) is 5.69 Å². The first kappa shape index (κ1) is 15.9. The van der Waals surface area contributed by atoms with Gasteiger partial charge in [-0.3, -0.25) is 4.98 Å². The van der Waals surface area contributed by atoms with Gasteiger partial charge >= 0.3 is 6.16 Å². The number of pyridine rings is 1. The van der Waals surface area contributed by atoms with Gasteiger partial charge in [-0.15, -0.1) is 5.10 Å². The summed E-state index contributed by atoms with van der Waals surface area (Å²) < 4.78 is 19.7. The Morgan fingerprint density at radius 3 is 2.71 bits per heavy atom. The summed E-state index contributed by atoms with van der Waals surface area (Å²) in [6.07, 6.45) is 0.0718. The molecule has 0 aliphatic carbocycles. The molecule has 0 bridgehead atoms. The van der Waals surface area contributed by atoms with Crippen LogP contribution in [0.2, 0.25) is 5.02 Å². The number of carbonyl (C=O) groups is 1. The van der Waals surface area contributed by atoms with Crippen LogP contribution in [0, 0.1) is 12.7 Å². The van der Waals surface area contributed by atoms with Gasteiger partial charge in [0.05, 0.1) is 17.6 Å². The molecule has 24 heavy (non-hydrogen) atoms. The Balaban J connectivity index is 2.17. The van der Waals surface area contributed by atoms with Crippen LogP contribution in [0.4, 0.5) is 9.18 Å². The fraction of sp³-hybridized carbons (Fsp3) is 0.0625. The molecule has 0 spiro atoms. The Morgan fingerprint density at radius 1 is 1.29 bits per heavy atom. The molecule has 1 aromatic carbocycles. The van der Waals surface area contributed by atoms with Gasteiger partial charge < -0.3 is 9.84 Å². The summed E-state index contributed by atoms with van der Waals surface area (Å²) in [7, 11) is 0. The lowest BCUT2D eigenvalue weighted by atomic mass is 10.1. The number of halogens is 2. The molecule has 6 nitrogen and oxygen atoms in total. The molecular weight excluding hydrogens is 337 g/mol. The third-order valence-electron chi connectivity index (χ3n) is 3.18. The van der Waals surface area contributed by atoms with Crippen molar-refractivity contribution in [3.63, 3.8) is 0 Å². The van der Waals surface area contributed by atoms with Gasteiger partial charge in [0, 0.05) is 22.3 Å². The molecule has 8 heteroatoms. The number of aryl methyl sites for hydroxylation is 1. The average Bonchev–Trinajstić information content (AvgIpc) is 2.90. The molecule has 0 aliphatic rings. The maximum absolute atomic E-state index is 13.7. The van der Waals surface area contributed by atoms with Crippen LogP contribution in [-0.2, 0) is 0 Å². The van der Waals surface area contributed by atoms with Gasteiger partial charge in [-0.25, -0.2) is 13.9 Å². The van der Waals surface area contributed by atoms with E-state index >= 15 is 0 Å². The number of benzene rings is 1. The van der Waals surface area contributed by atoms with Crippen molar-refractivity contribution in [3.05, 3.63) is 59.1 Å². The van der Waals surface area contributed by atoms with Crippen LogP contribution < -0.4 is 4.74 Å². The smallest absolute Gasteiger partial charge is 0.449 e. The monoisotopic (exact) mass is 347 g/mol. The minimum Gasteiger partial charge on any atom is -0.449 e. The molecule has 3 aromatic rings. The number of rotatable bonds is 3. The van der Waals surface area contributed by atoms with Crippen LogP contribution in [-0.4, -0.2) is 26.0 Å². The van der Waals surface area contributed by atoms with E-state index in [9.17, 15) is 9.18 Å². The zero-order valence-corrected chi connectivity index (χ0v) is 13.2. The fourth-order valence-corrected chi connectivity index (χ4v) is 2.41. The lowest BCUT2D eigenvalue weighted by molar-refractivity contribution is 0.142. The Hall–Kier alpha value is -2.93. The summed E-state index contributed by atoms with van der Waals surface area (Å²) in [6, 6.07) is 8.91. The Morgan fingerprint density at radius 2 is 2.08 bits per heavy atom. The maximum atomic E-state index is 13.7. The number of ether oxygens (including phenoxy) is 1. The van der Waals surface area contributed by atoms with Crippen LogP contribution in [0.15, 0.2) is 42.6 Å². The molecule has 0 saturated heterocycles. The van der Waals surface area contributed by atoms with E-state index in [1.807, 2.05) is 6.92 Å². The second kappa shape index (κ2) is 6.29. The van der Waals surface area contributed by atoms with Gasteiger partial charge in [0.2, 0.25) is 5.88 Å². The lowest BCUT2D eigenvalue weighted by Gasteiger charge is -2.08. The number of hydrogen-bond donors (Lipinski definition) is 1. The van der Waals surface area contributed by atoms with Crippen molar-refractivity contribution in [2.45, 2.75) is 6.92 Å². The molecule has 0 radical (unpaired) electrons. The van der Waals surface area contributed by atoms with Crippen LogP contribution in [0.25, 0.3) is 16.9 Å². The molecular formula is C16H11ClFN3O3. The zero-order valence-electron chi connectivity index (χ0n) is 12.4. The summed E-state index contributed by atoms with van der Waals surface area (Å²) in [6.45, 7) is 1.83. The summed E-state index contributed by atoms with van der Waals surface area (Å²) >= 11 is 5.90. The van der Waals surface area contributed by atoms with Crippen LogP contribution in [0.5, 0.6) is 5.88 Å². The first-order chi connectivity index (χ1) is 11.4. The SMILES string of the molecule is Cc1ccc(-n2nc(OC(=O)O)cc2-c2cc(F)cc(Cl)c2)cn1. The fourth-order valence-electron chi connectivity index (χ4n) is 2.19. The van der Waals surface area contributed by atoms with E-state index < -0.39 is 12.0 Å². The van der Waals surface area contributed by atoms with Crippen LogP contribution >= 0.6 is 11.6 Å². The van der Waals surface area contributed by atoms with Crippen LogP contribution in [0.3, 0.4) is 0 Å². The van der Waals surface area contributed by atoms with Crippen molar-refractivity contribution in [1.82, 2.24) is 14.8 Å². The summed E-state index contributed by atoms with van der Waals surface area (Å²) in [5, 5.41) is 13.1. The number of hydrogen-bond acceptors (Lipinski definition) is 4. The average molecular weight is 348 g/mol. The highest BCUT2D eigenvalue weighted by Crippen LogP contribution is 2.29. The molecule has 0 aliphatic heterocycles. The van der Waals surface area contributed by atoms with Crippen molar-refractivity contribution >= 4 is 17.8 Å². The highest BCUT2D eigenvalue weighted by atomic mass is 35.5. The molecule has 3 rings (SSSR count). The third-order valence-corrected chi connectivity index (χ3v) is 3.40. The zero-order chi connectivity index (χ0) is 17.3. The van der Waals surface area contributed by atoms with Gasteiger partial charge in [0.1, 0.15) is 5.82 Å². The second-order valence-corrected chi connectivity index (χ2v) is 5.40. The molecule has 0 amide bonds. The normalized spacial score (nSPS) is 10.6. The topological polar surface area (TPSA) is 77.2 Å². The molecule has 2 aromatic heterocycles. The predicted octanol–water partition coefficient (Wildman–Crippen LogP) is 4.09. The van der Waals surface area contributed by atoms with E-state index in [0.717, 1.165) is 5.69 Å². The molecule has 0 atom stereocenters. The highest BCUT2D eigenvalue weighted by molar-refractivity contribution is 6.30. The Bertz CT molecular complexity index is 889. The molecule has 0 unspecified atom stereocenters. The summed E-state index contributed by atoms with van der Waals surface area (Å²) in [5.74, 6) is -0.661. The predicted molar refractivity (Wildman–Crippen MR) is 85.2 cm³/mol. The van der Waals surface area contributed by atoms with E-state index in [1.165, 1.54) is 22.9 Å². The van der Waals surface area contributed by atoms with E-state index in [4.69, 9.17) is 16.7 Å². The first-order valence-corrected chi connectivity index (χ1v) is 7.20. The van der Waals surface area contributed by atoms with Gasteiger partial charge in [0.25, 0.3) is 0 Å². The Kier molecular flexibility index (Phi) is 4.18. The molecule has 1 N–H and O–H groups in total. The van der Waals surface area contributed by atoms with E-state index in [0.29, 0.717) is 16.9 Å².